The number of anilines is 2. The standard InChI is InChI=1S/C23H28F2N2O7S2/c1-4-33-20-14-17(26-22(28)16-10-12-35(29,30)13-11-16)8-9-21(20)36(31,32)27(3)18-6-5-7-19(15-18)34-23(2,24)25/h5-9,14-16H,4,10-13H2,1-3H3,(H,26,28). The van der Waals surface area contributed by atoms with Gasteiger partial charge in [0, 0.05) is 37.7 Å². The lowest BCUT2D eigenvalue weighted by molar-refractivity contribution is -0.158. The first-order valence-electron chi connectivity index (χ1n) is 11.2. The fraction of sp³-hybridized carbons (Fsp3) is 0.435. The van der Waals surface area contributed by atoms with Crippen LogP contribution in [0.3, 0.4) is 0 Å². The molecular weight excluding hydrogens is 518 g/mol. The number of sulfonamides is 1. The monoisotopic (exact) mass is 546 g/mol. The van der Waals surface area contributed by atoms with Gasteiger partial charge in [-0.2, -0.15) is 8.78 Å². The molecule has 0 aliphatic carbocycles. The van der Waals surface area contributed by atoms with Gasteiger partial charge in [-0.15, -0.1) is 0 Å². The third kappa shape index (κ3) is 6.84. The van der Waals surface area contributed by atoms with E-state index in [9.17, 15) is 30.4 Å². The van der Waals surface area contributed by atoms with E-state index in [0.29, 0.717) is 12.6 Å². The SMILES string of the molecule is CCOc1cc(NC(=O)C2CCS(=O)(=O)CC2)ccc1S(=O)(=O)N(C)c1cccc(OC(C)(F)F)c1. The Kier molecular flexibility index (Phi) is 8.13. The minimum absolute atomic E-state index is 0.0131. The zero-order valence-electron chi connectivity index (χ0n) is 20.0. The molecule has 0 saturated carbocycles. The Bertz CT molecular complexity index is 1310. The highest BCUT2D eigenvalue weighted by Gasteiger charge is 2.30. The Hall–Kier alpha value is -2.93. The summed E-state index contributed by atoms with van der Waals surface area (Å²) >= 11 is 0. The third-order valence-corrected chi connectivity index (χ3v) is 9.09. The molecule has 1 amide bonds. The summed E-state index contributed by atoms with van der Waals surface area (Å²) in [5.74, 6) is -1.16. The number of hydrogen-bond acceptors (Lipinski definition) is 7. The summed E-state index contributed by atoms with van der Waals surface area (Å²) in [4.78, 5) is 12.4. The third-order valence-electron chi connectivity index (χ3n) is 5.55. The van der Waals surface area contributed by atoms with Crippen LogP contribution in [0, 0.1) is 5.92 Å². The van der Waals surface area contributed by atoms with Gasteiger partial charge < -0.3 is 14.8 Å². The molecule has 13 heteroatoms. The number of nitrogens with one attached hydrogen (secondary N) is 1. The van der Waals surface area contributed by atoms with Gasteiger partial charge in [0.05, 0.1) is 23.8 Å². The van der Waals surface area contributed by atoms with E-state index in [1.807, 2.05) is 0 Å². The first-order chi connectivity index (χ1) is 16.7. The summed E-state index contributed by atoms with van der Waals surface area (Å²) < 4.78 is 87.4. The molecule has 9 nitrogen and oxygen atoms in total. The maximum atomic E-state index is 13.4. The zero-order chi connectivity index (χ0) is 26.7. The molecule has 0 radical (unpaired) electrons. The predicted molar refractivity (Wildman–Crippen MR) is 131 cm³/mol. The average molecular weight is 547 g/mol. The van der Waals surface area contributed by atoms with Crippen molar-refractivity contribution in [2.24, 2.45) is 5.92 Å². The van der Waals surface area contributed by atoms with Crippen LogP contribution in [0.4, 0.5) is 20.2 Å². The van der Waals surface area contributed by atoms with Crippen molar-refractivity contribution in [1.82, 2.24) is 0 Å². The van der Waals surface area contributed by atoms with Crippen LogP contribution in [0.15, 0.2) is 47.4 Å². The number of rotatable bonds is 9. The molecule has 198 valence electrons. The molecule has 0 spiro atoms. The van der Waals surface area contributed by atoms with Crippen molar-refractivity contribution in [2.75, 3.05) is 34.8 Å². The van der Waals surface area contributed by atoms with E-state index in [1.54, 1.807) is 6.92 Å². The van der Waals surface area contributed by atoms with Gasteiger partial charge in [-0.3, -0.25) is 9.10 Å². The molecule has 1 aliphatic rings. The normalized spacial score (nSPS) is 16.2. The summed E-state index contributed by atoms with van der Waals surface area (Å²) in [7, 11) is -6.05. The maximum absolute atomic E-state index is 13.4. The number of carbonyl (C=O) groups excluding carboxylic acids is 1. The fourth-order valence-corrected chi connectivity index (χ4v) is 6.49. The molecule has 0 aromatic heterocycles. The molecule has 36 heavy (non-hydrogen) atoms. The lowest BCUT2D eigenvalue weighted by Crippen LogP contribution is -2.32. The molecule has 2 aromatic rings. The molecule has 2 aromatic carbocycles. The van der Waals surface area contributed by atoms with E-state index in [4.69, 9.17) is 4.74 Å². The van der Waals surface area contributed by atoms with Gasteiger partial charge in [0.25, 0.3) is 10.0 Å². The number of nitrogens with zero attached hydrogens (tertiary/aromatic N) is 1. The number of amides is 1. The number of carbonyl (C=O) groups is 1. The van der Waals surface area contributed by atoms with Gasteiger partial charge in [0.1, 0.15) is 26.2 Å². The molecule has 1 fully saturated rings. The van der Waals surface area contributed by atoms with Gasteiger partial charge in [-0.1, -0.05) is 6.07 Å². The smallest absolute Gasteiger partial charge is 0.394 e. The summed E-state index contributed by atoms with van der Waals surface area (Å²) in [6, 6.07) is 9.33. The lowest BCUT2D eigenvalue weighted by atomic mass is 10.0. The molecule has 1 heterocycles. The largest absolute Gasteiger partial charge is 0.492 e. The van der Waals surface area contributed by atoms with Crippen LogP contribution in [0.1, 0.15) is 26.7 Å². The topological polar surface area (TPSA) is 119 Å². The molecule has 3 rings (SSSR count). The number of ether oxygens (including phenoxy) is 2. The van der Waals surface area contributed by atoms with Gasteiger partial charge >= 0.3 is 6.11 Å². The van der Waals surface area contributed by atoms with E-state index in [0.717, 1.165) is 4.31 Å². The number of hydrogen-bond donors (Lipinski definition) is 1. The Morgan fingerprint density at radius 2 is 1.83 bits per heavy atom. The Balaban J connectivity index is 1.84. The van der Waals surface area contributed by atoms with Crippen molar-refractivity contribution in [3.8, 4) is 11.5 Å². The molecule has 1 saturated heterocycles. The van der Waals surface area contributed by atoms with Crippen LogP contribution in [0.2, 0.25) is 0 Å². The van der Waals surface area contributed by atoms with E-state index in [2.05, 4.69) is 10.1 Å². The molecule has 0 atom stereocenters. The van der Waals surface area contributed by atoms with Crippen LogP contribution in [-0.4, -0.2) is 54.0 Å². The Morgan fingerprint density at radius 3 is 2.44 bits per heavy atom. The number of alkyl halides is 2. The number of benzene rings is 2. The summed E-state index contributed by atoms with van der Waals surface area (Å²) in [5, 5.41) is 2.70. The van der Waals surface area contributed by atoms with Crippen LogP contribution in [0.25, 0.3) is 0 Å². The number of halogens is 2. The zero-order valence-corrected chi connectivity index (χ0v) is 21.7. The summed E-state index contributed by atoms with van der Waals surface area (Å²) in [6.45, 7) is 2.38. The van der Waals surface area contributed by atoms with Crippen molar-refractivity contribution in [3.05, 3.63) is 42.5 Å². The highest BCUT2D eigenvalue weighted by molar-refractivity contribution is 7.93. The van der Waals surface area contributed by atoms with Crippen LogP contribution < -0.4 is 19.1 Å². The van der Waals surface area contributed by atoms with Crippen molar-refractivity contribution in [3.63, 3.8) is 0 Å². The lowest BCUT2D eigenvalue weighted by Gasteiger charge is -2.23. The van der Waals surface area contributed by atoms with Crippen molar-refractivity contribution >= 4 is 37.1 Å². The minimum atomic E-state index is -4.20. The van der Waals surface area contributed by atoms with Gasteiger partial charge in [0.15, 0.2) is 0 Å². The second-order valence-corrected chi connectivity index (χ2v) is 12.6. The van der Waals surface area contributed by atoms with E-state index in [-0.39, 0.29) is 58.9 Å². The van der Waals surface area contributed by atoms with Gasteiger partial charge in [0.2, 0.25) is 5.91 Å². The predicted octanol–water partition coefficient (Wildman–Crippen LogP) is 3.67. The van der Waals surface area contributed by atoms with Gasteiger partial charge in [-0.25, -0.2) is 16.8 Å². The fourth-order valence-electron chi connectivity index (χ4n) is 3.70. The van der Waals surface area contributed by atoms with E-state index < -0.39 is 31.9 Å². The first kappa shape index (κ1) is 27.7. The number of sulfone groups is 1. The van der Waals surface area contributed by atoms with E-state index >= 15 is 0 Å². The highest BCUT2D eigenvalue weighted by Crippen LogP contribution is 2.34. The van der Waals surface area contributed by atoms with Crippen LogP contribution >= 0.6 is 0 Å². The summed E-state index contributed by atoms with van der Waals surface area (Å²) in [5.41, 5.74) is 0.378. The van der Waals surface area contributed by atoms with E-state index in [1.165, 1.54) is 49.5 Å². The highest BCUT2D eigenvalue weighted by atomic mass is 32.2. The molecule has 1 N–H and O–H groups in total. The quantitative estimate of drug-likeness (QED) is 0.510. The van der Waals surface area contributed by atoms with Crippen LogP contribution in [0.5, 0.6) is 11.5 Å². The Morgan fingerprint density at radius 1 is 1.17 bits per heavy atom. The van der Waals surface area contributed by atoms with Gasteiger partial charge in [-0.05, 0) is 44.0 Å². The first-order valence-corrected chi connectivity index (χ1v) is 14.4. The van der Waals surface area contributed by atoms with Crippen molar-refractivity contribution in [2.45, 2.75) is 37.7 Å². The molecule has 0 unspecified atom stereocenters. The maximum Gasteiger partial charge on any atom is 0.394 e. The van der Waals surface area contributed by atoms with Crippen molar-refractivity contribution < 1.29 is 39.9 Å². The molecule has 0 bridgehead atoms. The summed E-state index contributed by atoms with van der Waals surface area (Å²) in [6.07, 6.45) is -3.00. The molecular formula is C23H28F2N2O7S2. The van der Waals surface area contributed by atoms with Crippen molar-refractivity contribution in [1.29, 1.82) is 0 Å². The minimum Gasteiger partial charge on any atom is -0.492 e. The second kappa shape index (κ2) is 10.6. The average Bonchev–Trinajstić information content (AvgIpc) is 2.77. The molecule has 1 aliphatic heterocycles. The van der Waals surface area contributed by atoms with Crippen LogP contribution in [-0.2, 0) is 24.7 Å². The second-order valence-electron chi connectivity index (χ2n) is 8.39. The Labute approximate surface area is 209 Å².